The first-order valence-electron chi connectivity index (χ1n) is 8.89. The number of para-hydroxylation sites is 1. The van der Waals surface area contributed by atoms with E-state index in [2.05, 4.69) is 4.98 Å². The third-order valence-electron chi connectivity index (χ3n) is 4.51. The summed E-state index contributed by atoms with van der Waals surface area (Å²) < 4.78 is 16.2. The number of fused-ring (bicyclic) bond motifs is 1. The standard InChI is InChI=1S/C20H18N2O6/c23-19(11-14-12-21-16-5-2-1-4-15(14)16)28-18-7-6-13(10-17(18)22(24)25)20-26-8-3-9-27-20/h1-2,4-7,10,12,20-21H,3,8-9,11H2. The van der Waals surface area contributed by atoms with Gasteiger partial charge in [-0.2, -0.15) is 0 Å². The maximum atomic E-state index is 12.4. The van der Waals surface area contributed by atoms with Gasteiger partial charge < -0.3 is 19.2 Å². The summed E-state index contributed by atoms with van der Waals surface area (Å²) in [6.07, 6.45) is 1.87. The van der Waals surface area contributed by atoms with Crippen molar-refractivity contribution in [3.8, 4) is 5.75 Å². The van der Waals surface area contributed by atoms with Gasteiger partial charge in [-0.1, -0.05) is 18.2 Å². The Bertz CT molecular complexity index is 1020. The number of nitrogens with zero attached hydrogens (tertiary/aromatic N) is 1. The molecule has 8 heteroatoms. The van der Waals surface area contributed by atoms with Crippen LogP contribution in [0.15, 0.2) is 48.7 Å². The number of carbonyl (C=O) groups excluding carboxylic acids is 1. The predicted molar refractivity (Wildman–Crippen MR) is 100.0 cm³/mol. The molecule has 1 aliphatic heterocycles. The normalized spacial score (nSPS) is 14.9. The fraction of sp³-hybridized carbons (Fsp3) is 0.250. The van der Waals surface area contributed by atoms with Crippen molar-refractivity contribution < 1.29 is 23.9 Å². The highest BCUT2D eigenvalue weighted by atomic mass is 16.7. The van der Waals surface area contributed by atoms with Crippen molar-refractivity contribution in [2.75, 3.05) is 13.2 Å². The number of ether oxygens (including phenoxy) is 3. The second-order valence-electron chi connectivity index (χ2n) is 6.42. The summed E-state index contributed by atoms with van der Waals surface area (Å²) in [4.78, 5) is 26.3. The number of hydrogen-bond acceptors (Lipinski definition) is 6. The number of rotatable bonds is 5. The van der Waals surface area contributed by atoms with Crippen LogP contribution in [-0.2, 0) is 20.7 Å². The molecule has 1 saturated heterocycles. The van der Waals surface area contributed by atoms with E-state index < -0.39 is 17.2 Å². The Morgan fingerprint density at radius 1 is 1.21 bits per heavy atom. The second-order valence-corrected chi connectivity index (χ2v) is 6.42. The zero-order valence-electron chi connectivity index (χ0n) is 14.9. The number of carbonyl (C=O) groups is 1. The van der Waals surface area contributed by atoms with Crippen molar-refractivity contribution in [3.05, 3.63) is 69.9 Å². The van der Waals surface area contributed by atoms with Crippen molar-refractivity contribution in [1.82, 2.24) is 4.98 Å². The first-order chi connectivity index (χ1) is 13.6. The van der Waals surface area contributed by atoms with E-state index in [4.69, 9.17) is 14.2 Å². The minimum Gasteiger partial charge on any atom is -0.419 e. The van der Waals surface area contributed by atoms with E-state index in [1.165, 1.54) is 12.1 Å². The van der Waals surface area contributed by atoms with Crippen LogP contribution >= 0.6 is 0 Å². The molecule has 0 spiro atoms. The summed E-state index contributed by atoms with van der Waals surface area (Å²) in [6.45, 7) is 1.06. The van der Waals surface area contributed by atoms with E-state index in [0.717, 1.165) is 22.9 Å². The summed E-state index contributed by atoms with van der Waals surface area (Å²) in [7, 11) is 0. The molecule has 0 unspecified atom stereocenters. The fourth-order valence-corrected chi connectivity index (χ4v) is 3.18. The predicted octanol–water partition coefficient (Wildman–Crippen LogP) is 3.66. The van der Waals surface area contributed by atoms with E-state index in [-0.39, 0.29) is 17.9 Å². The molecule has 8 nitrogen and oxygen atoms in total. The van der Waals surface area contributed by atoms with E-state index in [0.29, 0.717) is 18.8 Å². The van der Waals surface area contributed by atoms with Crippen LogP contribution in [0.2, 0.25) is 0 Å². The second kappa shape index (κ2) is 7.79. The zero-order valence-corrected chi connectivity index (χ0v) is 14.9. The fourth-order valence-electron chi connectivity index (χ4n) is 3.18. The molecule has 0 bridgehead atoms. The molecule has 1 fully saturated rings. The highest BCUT2D eigenvalue weighted by Crippen LogP contribution is 2.33. The Morgan fingerprint density at radius 2 is 2.00 bits per heavy atom. The molecular weight excluding hydrogens is 364 g/mol. The van der Waals surface area contributed by atoms with Crippen molar-refractivity contribution >= 4 is 22.6 Å². The van der Waals surface area contributed by atoms with Crippen LogP contribution in [0.4, 0.5) is 5.69 Å². The molecule has 1 aliphatic rings. The number of nitro groups is 1. The molecule has 0 amide bonds. The number of hydrogen-bond donors (Lipinski definition) is 1. The minimum atomic E-state index is -0.650. The number of H-pyrrole nitrogens is 1. The van der Waals surface area contributed by atoms with E-state index in [9.17, 15) is 14.9 Å². The SMILES string of the molecule is O=C(Cc1c[nH]c2ccccc12)Oc1ccc(C2OCCCO2)cc1[N+](=O)[O-]. The monoisotopic (exact) mass is 382 g/mol. The van der Waals surface area contributed by atoms with Gasteiger partial charge in [0.15, 0.2) is 6.29 Å². The Labute approximate surface area is 160 Å². The molecule has 1 aromatic heterocycles. The largest absolute Gasteiger partial charge is 0.419 e. The van der Waals surface area contributed by atoms with Crippen molar-refractivity contribution in [3.63, 3.8) is 0 Å². The first kappa shape index (κ1) is 18.1. The number of esters is 1. The number of nitro benzene ring substituents is 1. The average Bonchev–Trinajstić information content (AvgIpc) is 3.11. The summed E-state index contributed by atoms with van der Waals surface area (Å²) >= 11 is 0. The Morgan fingerprint density at radius 3 is 2.79 bits per heavy atom. The van der Waals surface area contributed by atoms with Crippen LogP contribution in [0.25, 0.3) is 10.9 Å². The van der Waals surface area contributed by atoms with E-state index in [1.807, 2.05) is 24.3 Å². The van der Waals surface area contributed by atoms with Gasteiger partial charge in [-0.05, 0) is 30.2 Å². The summed E-state index contributed by atoms with van der Waals surface area (Å²) in [5.41, 5.74) is 1.89. The van der Waals surface area contributed by atoms with Gasteiger partial charge in [0.05, 0.1) is 24.6 Å². The number of aromatic amines is 1. The molecule has 0 atom stereocenters. The molecular formula is C20H18N2O6. The maximum Gasteiger partial charge on any atom is 0.315 e. The van der Waals surface area contributed by atoms with E-state index in [1.54, 1.807) is 12.3 Å². The van der Waals surface area contributed by atoms with Crippen LogP contribution in [0, 0.1) is 10.1 Å². The van der Waals surface area contributed by atoms with Crippen molar-refractivity contribution in [1.29, 1.82) is 0 Å². The van der Waals surface area contributed by atoms with Crippen LogP contribution in [0.1, 0.15) is 23.8 Å². The summed E-state index contributed by atoms with van der Waals surface area (Å²) in [5, 5.41) is 12.4. The van der Waals surface area contributed by atoms with Gasteiger partial charge in [0.1, 0.15) is 0 Å². The highest BCUT2D eigenvalue weighted by Gasteiger charge is 2.24. The number of aromatic nitrogens is 1. The summed E-state index contributed by atoms with van der Waals surface area (Å²) in [6, 6.07) is 11.9. The minimum absolute atomic E-state index is 0.00222. The van der Waals surface area contributed by atoms with Crippen LogP contribution < -0.4 is 4.74 Å². The van der Waals surface area contributed by atoms with Crippen LogP contribution in [-0.4, -0.2) is 29.1 Å². The lowest BCUT2D eigenvalue weighted by Gasteiger charge is -2.23. The first-order valence-corrected chi connectivity index (χ1v) is 8.89. The van der Waals surface area contributed by atoms with Crippen LogP contribution in [0.3, 0.4) is 0 Å². The lowest BCUT2D eigenvalue weighted by Crippen LogP contribution is -2.18. The third-order valence-corrected chi connectivity index (χ3v) is 4.51. The van der Waals surface area contributed by atoms with Crippen molar-refractivity contribution in [2.45, 2.75) is 19.1 Å². The van der Waals surface area contributed by atoms with Gasteiger partial charge in [0.25, 0.3) is 0 Å². The zero-order chi connectivity index (χ0) is 19.5. The van der Waals surface area contributed by atoms with Gasteiger partial charge in [0.2, 0.25) is 5.75 Å². The molecule has 2 heterocycles. The molecule has 3 aromatic rings. The molecule has 0 aliphatic carbocycles. The van der Waals surface area contributed by atoms with Gasteiger partial charge in [-0.25, -0.2) is 0 Å². The lowest BCUT2D eigenvalue weighted by atomic mass is 10.1. The average molecular weight is 382 g/mol. The highest BCUT2D eigenvalue weighted by molar-refractivity contribution is 5.88. The molecule has 1 N–H and O–H groups in total. The topological polar surface area (TPSA) is 104 Å². The Balaban J connectivity index is 1.53. The summed E-state index contributed by atoms with van der Waals surface area (Å²) in [5.74, 6) is -0.680. The van der Waals surface area contributed by atoms with Gasteiger partial charge in [-0.3, -0.25) is 14.9 Å². The molecule has 28 heavy (non-hydrogen) atoms. The molecule has 0 saturated carbocycles. The quantitative estimate of drug-likeness (QED) is 0.313. The maximum absolute atomic E-state index is 12.4. The smallest absolute Gasteiger partial charge is 0.315 e. The number of nitrogens with one attached hydrogen (secondary N) is 1. The molecule has 0 radical (unpaired) electrons. The Hall–Kier alpha value is -3.23. The Kier molecular flexibility index (Phi) is 5.05. The van der Waals surface area contributed by atoms with Crippen LogP contribution in [0.5, 0.6) is 5.75 Å². The van der Waals surface area contributed by atoms with E-state index >= 15 is 0 Å². The van der Waals surface area contributed by atoms with Crippen molar-refractivity contribution in [2.24, 2.45) is 0 Å². The number of benzene rings is 2. The van der Waals surface area contributed by atoms with Gasteiger partial charge in [0, 0.05) is 28.7 Å². The molecule has 4 rings (SSSR count). The lowest BCUT2D eigenvalue weighted by molar-refractivity contribution is -0.385. The van der Waals surface area contributed by atoms with Gasteiger partial charge in [-0.15, -0.1) is 0 Å². The molecule has 144 valence electrons. The molecule has 2 aromatic carbocycles. The third kappa shape index (κ3) is 3.73. The van der Waals surface area contributed by atoms with Gasteiger partial charge >= 0.3 is 11.7 Å².